The van der Waals surface area contributed by atoms with Gasteiger partial charge in [0.05, 0.1) is 12.3 Å². The summed E-state index contributed by atoms with van der Waals surface area (Å²) in [6.07, 6.45) is 3.38. The summed E-state index contributed by atoms with van der Waals surface area (Å²) in [6, 6.07) is 26.7. The molecule has 6 heteroatoms. The van der Waals surface area contributed by atoms with Crippen LogP contribution in [0.5, 0.6) is 5.75 Å². The van der Waals surface area contributed by atoms with Crippen LogP contribution in [0.4, 0.5) is 5.69 Å². The van der Waals surface area contributed by atoms with Gasteiger partial charge in [-0.2, -0.15) is 10.4 Å². The summed E-state index contributed by atoms with van der Waals surface area (Å²) >= 11 is 0. The van der Waals surface area contributed by atoms with Crippen LogP contribution in [0.25, 0.3) is 23.0 Å². The van der Waals surface area contributed by atoms with E-state index in [1.54, 1.807) is 22.9 Å². The molecule has 1 amide bonds. The minimum absolute atomic E-state index is 0.0181. The van der Waals surface area contributed by atoms with Gasteiger partial charge in [0.15, 0.2) is 0 Å². The number of carbonyl (C=O) groups is 1. The Labute approximate surface area is 198 Å². The van der Waals surface area contributed by atoms with Crippen molar-refractivity contribution in [2.45, 2.75) is 13.8 Å². The smallest absolute Gasteiger partial charge is 0.266 e. The second kappa shape index (κ2) is 10.3. The topological polar surface area (TPSA) is 79.9 Å². The third-order valence-electron chi connectivity index (χ3n) is 5.16. The standard InChI is InChI=1S/C28H24N4O2/c1-3-34-26-11-7-8-21(17-26)27-23(19-32(31-27)25-9-5-4-6-10-25)16-22(18-29)28(33)30-24-14-12-20(2)13-15-24/h4-17,19H,3H2,1-2H3,(H,30,33)/b22-16-. The van der Waals surface area contributed by atoms with Gasteiger partial charge in [0.25, 0.3) is 5.91 Å². The lowest BCUT2D eigenvalue weighted by Gasteiger charge is -2.06. The van der Waals surface area contributed by atoms with E-state index in [1.807, 2.05) is 92.8 Å². The van der Waals surface area contributed by atoms with Crippen LogP contribution in [0, 0.1) is 18.3 Å². The molecule has 1 heterocycles. The van der Waals surface area contributed by atoms with Gasteiger partial charge >= 0.3 is 0 Å². The Morgan fingerprint density at radius 2 is 1.85 bits per heavy atom. The molecule has 0 radical (unpaired) electrons. The van der Waals surface area contributed by atoms with Crippen molar-refractivity contribution >= 4 is 17.7 Å². The zero-order valence-electron chi connectivity index (χ0n) is 19.0. The number of aromatic nitrogens is 2. The Balaban J connectivity index is 1.75. The van der Waals surface area contributed by atoms with Crippen molar-refractivity contribution in [1.82, 2.24) is 9.78 Å². The average Bonchev–Trinajstić information content (AvgIpc) is 3.29. The first-order valence-electron chi connectivity index (χ1n) is 11.0. The molecule has 0 atom stereocenters. The van der Waals surface area contributed by atoms with E-state index in [0.717, 1.165) is 22.6 Å². The van der Waals surface area contributed by atoms with E-state index < -0.39 is 5.91 Å². The lowest BCUT2D eigenvalue weighted by atomic mass is 10.1. The molecule has 0 bridgehead atoms. The highest BCUT2D eigenvalue weighted by Crippen LogP contribution is 2.28. The number of amides is 1. The fraction of sp³-hybridized carbons (Fsp3) is 0.107. The molecule has 0 unspecified atom stereocenters. The fourth-order valence-electron chi connectivity index (χ4n) is 3.47. The van der Waals surface area contributed by atoms with Crippen LogP contribution < -0.4 is 10.1 Å². The van der Waals surface area contributed by atoms with E-state index in [-0.39, 0.29) is 5.57 Å². The number of hydrogen-bond donors (Lipinski definition) is 1. The zero-order valence-corrected chi connectivity index (χ0v) is 19.0. The Bertz CT molecular complexity index is 1360. The molecule has 1 N–H and O–H groups in total. The highest BCUT2D eigenvalue weighted by atomic mass is 16.5. The van der Waals surface area contributed by atoms with Crippen molar-refractivity contribution < 1.29 is 9.53 Å². The molecule has 0 spiro atoms. The van der Waals surface area contributed by atoms with Gasteiger partial charge in [-0.1, -0.05) is 48.0 Å². The fourth-order valence-corrected chi connectivity index (χ4v) is 3.47. The molecule has 0 aliphatic carbocycles. The highest BCUT2D eigenvalue weighted by molar-refractivity contribution is 6.10. The van der Waals surface area contributed by atoms with Crippen molar-refractivity contribution in [3.8, 4) is 28.8 Å². The Morgan fingerprint density at radius 3 is 2.56 bits per heavy atom. The van der Waals surface area contributed by atoms with Gasteiger partial charge in [0.2, 0.25) is 0 Å². The SMILES string of the molecule is CCOc1cccc(-c2nn(-c3ccccc3)cc2/C=C(/C#N)C(=O)Nc2ccc(C)cc2)c1. The van der Waals surface area contributed by atoms with E-state index in [0.29, 0.717) is 23.6 Å². The van der Waals surface area contributed by atoms with Crippen molar-refractivity contribution in [3.63, 3.8) is 0 Å². The Hall–Kier alpha value is -4.63. The first-order valence-corrected chi connectivity index (χ1v) is 11.0. The molecule has 6 nitrogen and oxygen atoms in total. The van der Waals surface area contributed by atoms with E-state index in [9.17, 15) is 10.1 Å². The molecular formula is C28H24N4O2. The number of rotatable bonds is 7. The number of ether oxygens (including phenoxy) is 1. The van der Waals surface area contributed by atoms with E-state index >= 15 is 0 Å². The molecule has 3 aromatic carbocycles. The lowest BCUT2D eigenvalue weighted by molar-refractivity contribution is -0.112. The molecule has 0 aliphatic rings. The van der Waals surface area contributed by atoms with E-state index in [2.05, 4.69) is 5.32 Å². The van der Waals surface area contributed by atoms with Crippen LogP contribution in [0.1, 0.15) is 18.1 Å². The summed E-state index contributed by atoms with van der Waals surface area (Å²) in [6.45, 7) is 4.45. The number of nitrogens with zero attached hydrogens (tertiary/aromatic N) is 3. The Kier molecular flexibility index (Phi) is 6.85. The first-order chi connectivity index (χ1) is 16.6. The molecule has 168 valence electrons. The first kappa shape index (κ1) is 22.6. The van der Waals surface area contributed by atoms with Crippen LogP contribution in [0.3, 0.4) is 0 Å². The number of para-hydroxylation sites is 1. The van der Waals surface area contributed by atoms with Gasteiger partial charge in [-0.25, -0.2) is 4.68 Å². The van der Waals surface area contributed by atoms with E-state index in [1.165, 1.54) is 0 Å². The molecular weight excluding hydrogens is 424 g/mol. The van der Waals surface area contributed by atoms with Crippen LogP contribution in [-0.4, -0.2) is 22.3 Å². The number of hydrogen-bond acceptors (Lipinski definition) is 4. The predicted molar refractivity (Wildman–Crippen MR) is 134 cm³/mol. The monoisotopic (exact) mass is 448 g/mol. The second-order valence-electron chi connectivity index (χ2n) is 7.66. The van der Waals surface area contributed by atoms with Gasteiger partial charge in [-0.3, -0.25) is 4.79 Å². The summed E-state index contributed by atoms with van der Waals surface area (Å²) in [5.74, 6) is 0.245. The van der Waals surface area contributed by atoms with Gasteiger partial charge in [-0.05, 0) is 56.3 Å². The van der Waals surface area contributed by atoms with Crippen molar-refractivity contribution in [3.05, 3.63) is 102 Å². The molecule has 34 heavy (non-hydrogen) atoms. The van der Waals surface area contributed by atoms with Crippen molar-refractivity contribution in [1.29, 1.82) is 5.26 Å². The lowest BCUT2D eigenvalue weighted by Crippen LogP contribution is -2.13. The summed E-state index contributed by atoms with van der Waals surface area (Å²) < 4.78 is 7.39. The molecule has 0 aliphatic heterocycles. The van der Waals surface area contributed by atoms with Gasteiger partial charge in [-0.15, -0.1) is 0 Å². The quantitative estimate of drug-likeness (QED) is 0.287. The number of nitriles is 1. The maximum atomic E-state index is 12.8. The van der Waals surface area contributed by atoms with Crippen LogP contribution in [0.2, 0.25) is 0 Å². The zero-order chi connectivity index (χ0) is 23.9. The summed E-state index contributed by atoms with van der Waals surface area (Å²) in [5.41, 5.74) is 4.67. The minimum Gasteiger partial charge on any atom is -0.494 e. The third kappa shape index (κ3) is 5.22. The van der Waals surface area contributed by atoms with Crippen molar-refractivity contribution in [2.75, 3.05) is 11.9 Å². The normalized spacial score (nSPS) is 11.0. The number of aryl methyl sites for hydroxylation is 1. The number of nitrogens with one attached hydrogen (secondary N) is 1. The van der Waals surface area contributed by atoms with Gasteiger partial charge in [0, 0.05) is 23.0 Å². The number of benzene rings is 3. The van der Waals surface area contributed by atoms with E-state index in [4.69, 9.17) is 9.84 Å². The minimum atomic E-state index is -0.479. The molecule has 0 fully saturated rings. The molecule has 4 rings (SSSR count). The Morgan fingerprint density at radius 1 is 1.09 bits per heavy atom. The average molecular weight is 449 g/mol. The second-order valence-corrected chi connectivity index (χ2v) is 7.66. The molecule has 4 aromatic rings. The summed E-state index contributed by atoms with van der Waals surface area (Å²) in [7, 11) is 0. The van der Waals surface area contributed by atoms with Crippen LogP contribution in [0.15, 0.2) is 90.6 Å². The van der Waals surface area contributed by atoms with Gasteiger partial charge in [0.1, 0.15) is 23.1 Å². The summed E-state index contributed by atoms with van der Waals surface area (Å²) in [5, 5.41) is 17.3. The number of anilines is 1. The molecule has 1 aromatic heterocycles. The number of carbonyl (C=O) groups excluding carboxylic acids is 1. The highest BCUT2D eigenvalue weighted by Gasteiger charge is 2.16. The maximum absolute atomic E-state index is 12.8. The molecule has 0 saturated carbocycles. The molecule has 0 saturated heterocycles. The largest absolute Gasteiger partial charge is 0.494 e. The predicted octanol–water partition coefficient (Wildman–Crippen LogP) is 5.79. The summed E-state index contributed by atoms with van der Waals surface area (Å²) in [4.78, 5) is 12.8. The van der Waals surface area contributed by atoms with Crippen LogP contribution >= 0.6 is 0 Å². The van der Waals surface area contributed by atoms with Crippen molar-refractivity contribution in [2.24, 2.45) is 0 Å². The van der Waals surface area contributed by atoms with Gasteiger partial charge < -0.3 is 10.1 Å². The third-order valence-corrected chi connectivity index (χ3v) is 5.16. The van der Waals surface area contributed by atoms with Crippen LogP contribution in [-0.2, 0) is 4.79 Å². The maximum Gasteiger partial charge on any atom is 0.266 e.